The lowest BCUT2D eigenvalue weighted by Gasteiger charge is -2.08. The molecule has 0 spiro atoms. The average Bonchev–Trinajstić information content (AvgIpc) is 2.93. The number of nitrogens with zero attached hydrogens (tertiary/aromatic N) is 1. The number of aryl methyl sites for hydroxylation is 1. The van der Waals surface area contributed by atoms with Crippen LogP contribution in [0.4, 0.5) is 14.5 Å². The van der Waals surface area contributed by atoms with Crippen LogP contribution >= 0.6 is 22.9 Å². The molecule has 2 heterocycles. The van der Waals surface area contributed by atoms with Gasteiger partial charge in [0, 0.05) is 19.3 Å². The zero-order chi connectivity index (χ0) is 17.9. The first-order valence-corrected chi connectivity index (χ1v) is 7.85. The molecule has 0 fully saturated rings. The molecule has 0 saturated carbocycles. The summed E-state index contributed by atoms with van der Waals surface area (Å²) in [6.45, 7) is -1.18. The highest BCUT2D eigenvalue weighted by atomic mass is 35.5. The summed E-state index contributed by atoms with van der Waals surface area (Å²) in [5, 5.41) is 4.88. The van der Waals surface area contributed by atoms with Gasteiger partial charge in [-0.2, -0.15) is 0 Å². The molecule has 0 aliphatic heterocycles. The van der Waals surface area contributed by atoms with Gasteiger partial charge < -0.3 is 15.2 Å². The Labute approximate surface area is 144 Å². The fraction of sp³-hybridized carbons (Fsp3) is 0.214. The van der Waals surface area contributed by atoms with Crippen molar-refractivity contribution in [1.29, 1.82) is 0 Å². The van der Waals surface area contributed by atoms with E-state index in [1.165, 1.54) is 13.1 Å². The highest BCUT2D eigenvalue weighted by Gasteiger charge is 2.18. The first-order valence-electron chi connectivity index (χ1n) is 6.66. The SMILES string of the molecule is CNC(=O)c1sc(C(=O)Nc2cc(F)c(=O)n(CCF)c2)cc1Cl. The van der Waals surface area contributed by atoms with E-state index in [1.54, 1.807) is 0 Å². The van der Waals surface area contributed by atoms with Crippen LogP contribution in [-0.2, 0) is 6.54 Å². The van der Waals surface area contributed by atoms with Crippen LogP contribution < -0.4 is 16.2 Å². The molecule has 2 aromatic heterocycles. The minimum atomic E-state index is -1.11. The van der Waals surface area contributed by atoms with E-state index < -0.39 is 29.9 Å². The second-order valence-electron chi connectivity index (χ2n) is 4.59. The van der Waals surface area contributed by atoms with Crippen molar-refractivity contribution in [3.8, 4) is 0 Å². The van der Waals surface area contributed by atoms with Gasteiger partial charge in [-0.15, -0.1) is 11.3 Å². The van der Waals surface area contributed by atoms with E-state index >= 15 is 0 Å². The number of nitrogens with one attached hydrogen (secondary N) is 2. The van der Waals surface area contributed by atoms with Crippen molar-refractivity contribution in [2.45, 2.75) is 6.54 Å². The van der Waals surface area contributed by atoms with Crippen molar-refractivity contribution in [2.75, 3.05) is 19.0 Å². The number of pyridine rings is 1. The third-order valence-electron chi connectivity index (χ3n) is 2.97. The smallest absolute Gasteiger partial charge is 0.286 e. The van der Waals surface area contributed by atoms with Crippen LogP contribution in [0.15, 0.2) is 23.1 Å². The summed E-state index contributed by atoms with van der Waals surface area (Å²) in [5.41, 5.74) is -0.997. The molecule has 0 aromatic carbocycles. The van der Waals surface area contributed by atoms with Gasteiger partial charge in [-0.05, 0) is 6.07 Å². The fourth-order valence-corrected chi connectivity index (χ4v) is 3.13. The van der Waals surface area contributed by atoms with Crippen molar-refractivity contribution >= 4 is 40.4 Å². The first-order chi connectivity index (χ1) is 11.4. The van der Waals surface area contributed by atoms with Crippen LogP contribution in [0, 0.1) is 5.82 Å². The maximum Gasteiger partial charge on any atom is 0.286 e. The molecule has 0 atom stereocenters. The molecule has 0 aliphatic carbocycles. The Hall–Kier alpha value is -2.26. The molecule has 6 nitrogen and oxygen atoms in total. The molecule has 0 radical (unpaired) electrons. The Bertz CT molecular complexity index is 850. The minimum absolute atomic E-state index is 0.0171. The lowest BCUT2D eigenvalue weighted by molar-refractivity contribution is 0.0966. The average molecular weight is 376 g/mol. The number of hydrogen-bond acceptors (Lipinski definition) is 4. The largest absolute Gasteiger partial charge is 0.354 e. The molecule has 10 heteroatoms. The Morgan fingerprint density at radius 3 is 2.67 bits per heavy atom. The summed E-state index contributed by atoms with van der Waals surface area (Å²) >= 11 is 6.76. The Kier molecular flexibility index (Phi) is 5.68. The third kappa shape index (κ3) is 3.80. The van der Waals surface area contributed by atoms with Crippen LogP contribution in [0.5, 0.6) is 0 Å². The van der Waals surface area contributed by atoms with E-state index in [9.17, 15) is 23.2 Å². The second-order valence-corrected chi connectivity index (χ2v) is 6.04. The number of carbonyl (C=O) groups excluding carboxylic acids is 2. The summed E-state index contributed by atoms with van der Waals surface area (Å²) in [6, 6.07) is 2.14. The number of aromatic nitrogens is 1. The number of anilines is 1. The summed E-state index contributed by atoms with van der Waals surface area (Å²) < 4.78 is 26.8. The maximum atomic E-state index is 13.6. The molecule has 2 amide bonds. The third-order valence-corrected chi connectivity index (χ3v) is 4.51. The number of alkyl halides is 1. The standard InChI is InChI=1S/C14H12ClF2N3O3S/c1-18-13(22)11-8(15)5-10(24-11)12(21)19-7-4-9(17)14(23)20(6-7)3-2-16/h4-6H,2-3H2,1H3,(H,18,22)(H,19,21). The lowest BCUT2D eigenvalue weighted by Crippen LogP contribution is -2.24. The normalized spacial score (nSPS) is 10.5. The van der Waals surface area contributed by atoms with E-state index in [4.69, 9.17) is 11.6 Å². The van der Waals surface area contributed by atoms with E-state index in [2.05, 4.69) is 10.6 Å². The topological polar surface area (TPSA) is 80.2 Å². The highest BCUT2D eigenvalue weighted by molar-refractivity contribution is 7.16. The molecule has 0 saturated heterocycles. The molecule has 24 heavy (non-hydrogen) atoms. The molecule has 0 bridgehead atoms. The van der Waals surface area contributed by atoms with Crippen molar-refractivity contribution in [3.63, 3.8) is 0 Å². The van der Waals surface area contributed by atoms with Crippen LogP contribution in [0.1, 0.15) is 19.3 Å². The number of amides is 2. The Morgan fingerprint density at radius 1 is 1.33 bits per heavy atom. The summed E-state index contributed by atoms with van der Waals surface area (Å²) in [7, 11) is 1.43. The van der Waals surface area contributed by atoms with Crippen LogP contribution in [-0.4, -0.2) is 30.1 Å². The molecule has 2 rings (SSSR count). The van der Waals surface area contributed by atoms with Gasteiger partial charge in [0.25, 0.3) is 17.4 Å². The highest BCUT2D eigenvalue weighted by Crippen LogP contribution is 2.27. The van der Waals surface area contributed by atoms with Gasteiger partial charge in [0.15, 0.2) is 5.82 Å². The summed E-state index contributed by atoms with van der Waals surface area (Å²) in [6.07, 6.45) is 1.14. The van der Waals surface area contributed by atoms with Gasteiger partial charge in [-0.1, -0.05) is 11.6 Å². The van der Waals surface area contributed by atoms with Gasteiger partial charge >= 0.3 is 0 Å². The predicted octanol–water partition coefficient (Wildman–Crippen LogP) is 2.28. The summed E-state index contributed by atoms with van der Waals surface area (Å²) in [5.74, 6) is -2.19. The second kappa shape index (κ2) is 7.54. The zero-order valence-corrected chi connectivity index (χ0v) is 13.9. The molecule has 2 aromatic rings. The molecular formula is C14H12ClF2N3O3S. The van der Waals surface area contributed by atoms with E-state index in [0.29, 0.717) is 0 Å². The molecule has 128 valence electrons. The van der Waals surface area contributed by atoms with E-state index in [0.717, 1.165) is 28.2 Å². The van der Waals surface area contributed by atoms with Crippen LogP contribution in [0.25, 0.3) is 0 Å². The number of carbonyl (C=O) groups is 2. The van der Waals surface area contributed by atoms with Crippen LogP contribution in [0.2, 0.25) is 5.02 Å². The van der Waals surface area contributed by atoms with Crippen molar-refractivity contribution < 1.29 is 18.4 Å². The Morgan fingerprint density at radius 2 is 2.04 bits per heavy atom. The van der Waals surface area contributed by atoms with E-state index in [1.807, 2.05) is 0 Å². The zero-order valence-electron chi connectivity index (χ0n) is 12.4. The van der Waals surface area contributed by atoms with E-state index in [-0.39, 0.29) is 27.0 Å². The number of halogens is 3. The van der Waals surface area contributed by atoms with Gasteiger partial charge in [-0.3, -0.25) is 14.4 Å². The van der Waals surface area contributed by atoms with Crippen molar-refractivity contribution in [3.05, 3.63) is 49.3 Å². The predicted molar refractivity (Wildman–Crippen MR) is 87.3 cm³/mol. The van der Waals surface area contributed by atoms with Gasteiger partial charge in [0.2, 0.25) is 0 Å². The lowest BCUT2D eigenvalue weighted by atomic mass is 10.3. The number of hydrogen-bond donors (Lipinski definition) is 2. The van der Waals surface area contributed by atoms with Gasteiger partial charge in [0.05, 0.1) is 22.1 Å². The number of thiophene rings is 1. The minimum Gasteiger partial charge on any atom is -0.354 e. The first kappa shape index (κ1) is 18.1. The van der Waals surface area contributed by atoms with Crippen LogP contribution in [0.3, 0.4) is 0 Å². The Balaban J connectivity index is 2.27. The molecular weight excluding hydrogens is 364 g/mol. The monoisotopic (exact) mass is 375 g/mol. The molecule has 2 N–H and O–H groups in total. The van der Waals surface area contributed by atoms with Crippen molar-refractivity contribution in [2.24, 2.45) is 0 Å². The van der Waals surface area contributed by atoms with Gasteiger partial charge in [-0.25, -0.2) is 8.78 Å². The summed E-state index contributed by atoms with van der Waals surface area (Å²) in [4.78, 5) is 35.5. The maximum absolute atomic E-state index is 13.6. The number of rotatable bonds is 5. The molecule has 0 aliphatic rings. The molecule has 0 unspecified atom stereocenters. The van der Waals surface area contributed by atoms with Crippen molar-refractivity contribution in [1.82, 2.24) is 9.88 Å². The quantitative estimate of drug-likeness (QED) is 0.841. The fourth-order valence-electron chi connectivity index (χ4n) is 1.87. The van der Waals surface area contributed by atoms with Gasteiger partial charge in [0.1, 0.15) is 11.6 Å².